The van der Waals surface area contributed by atoms with Gasteiger partial charge in [0.1, 0.15) is 0 Å². The Morgan fingerprint density at radius 3 is 1.58 bits per heavy atom. The first kappa shape index (κ1) is 36.3. The van der Waals surface area contributed by atoms with Crippen molar-refractivity contribution in [2.45, 2.75) is 130 Å². The largest absolute Gasteiger partial charge is 0.340 e. The van der Waals surface area contributed by atoms with E-state index in [9.17, 15) is 0 Å². The molecule has 0 spiro atoms. The molecule has 0 amide bonds. The van der Waals surface area contributed by atoms with Crippen molar-refractivity contribution in [1.82, 2.24) is 4.57 Å². The molecular formula is C51H61N. The third kappa shape index (κ3) is 9.46. The van der Waals surface area contributed by atoms with Crippen molar-refractivity contribution in [3.8, 4) is 0 Å². The highest BCUT2D eigenvalue weighted by molar-refractivity contribution is 6.07. The lowest BCUT2D eigenvalue weighted by molar-refractivity contribution is 0.328. The maximum Gasteiger partial charge on any atom is 0.0491 e. The lowest BCUT2D eigenvalue weighted by atomic mass is 9.79. The standard InChI is InChI=1S/C51H61N/c1-51(2,3)38-46(44-31-28-40(29-32-44)16-7-8-17-42-30-33-43-34-35-45(43)37-42)19-14-18-41-26-24-39(25-27-41)15-6-4-5-13-36-52-49-22-11-9-20-47(49)48-21-10-12-23-50(48)52/h9-12,20-33,37,46H,4-8,13-19,34-36,38H2,1-3H3. The molecule has 52 heavy (non-hydrogen) atoms. The molecule has 1 nitrogen and oxygen atoms in total. The van der Waals surface area contributed by atoms with E-state index in [4.69, 9.17) is 0 Å². The lowest BCUT2D eigenvalue weighted by Crippen LogP contribution is -2.12. The quantitative estimate of drug-likeness (QED) is 0.0793. The second-order valence-corrected chi connectivity index (χ2v) is 17.1. The molecule has 1 aliphatic carbocycles. The lowest BCUT2D eigenvalue weighted by Gasteiger charge is -2.27. The number of hydrogen-bond acceptors (Lipinski definition) is 0. The summed E-state index contributed by atoms with van der Waals surface area (Å²) in [5.41, 5.74) is 13.8. The van der Waals surface area contributed by atoms with Crippen LogP contribution in [0.25, 0.3) is 21.8 Å². The number of hydrogen-bond donors (Lipinski definition) is 0. The summed E-state index contributed by atoms with van der Waals surface area (Å²) in [6.45, 7) is 8.30. The zero-order valence-electron chi connectivity index (χ0n) is 32.3. The van der Waals surface area contributed by atoms with Crippen LogP contribution in [0.4, 0.5) is 0 Å². The topological polar surface area (TPSA) is 4.93 Å². The van der Waals surface area contributed by atoms with Gasteiger partial charge in [0.15, 0.2) is 0 Å². The molecule has 1 heterocycles. The predicted octanol–water partition coefficient (Wildman–Crippen LogP) is 13.8. The number of nitrogens with zero attached hydrogens (tertiary/aromatic N) is 1. The highest BCUT2D eigenvalue weighted by Gasteiger charge is 2.20. The molecule has 0 saturated heterocycles. The van der Waals surface area contributed by atoms with Crippen LogP contribution in [0.15, 0.2) is 115 Å². The monoisotopic (exact) mass is 687 g/mol. The molecule has 1 heteroatoms. The molecule has 0 aliphatic heterocycles. The van der Waals surface area contributed by atoms with Crippen molar-refractivity contribution in [3.05, 3.63) is 154 Å². The molecule has 0 fully saturated rings. The van der Waals surface area contributed by atoms with Crippen LogP contribution in [0.5, 0.6) is 0 Å². The van der Waals surface area contributed by atoms with Crippen LogP contribution in [-0.4, -0.2) is 4.57 Å². The summed E-state index contributed by atoms with van der Waals surface area (Å²) in [5.74, 6) is 0.624. The first-order chi connectivity index (χ1) is 25.4. The molecule has 1 unspecified atom stereocenters. The molecule has 1 aliphatic rings. The Morgan fingerprint density at radius 1 is 0.500 bits per heavy atom. The number of aromatic nitrogens is 1. The molecule has 1 atom stereocenters. The Labute approximate surface area is 314 Å². The van der Waals surface area contributed by atoms with Gasteiger partial charge in [0.25, 0.3) is 0 Å². The van der Waals surface area contributed by atoms with Gasteiger partial charge in [-0.15, -0.1) is 0 Å². The molecule has 0 N–H and O–H groups in total. The summed E-state index contributed by atoms with van der Waals surface area (Å²) in [4.78, 5) is 0. The Hall–Kier alpha value is -4.10. The minimum absolute atomic E-state index is 0.328. The average molecular weight is 688 g/mol. The van der Waals surface area contributed by atoms with Crippen LogP contribution in [0.2, 0.25) is 0 Å². The third-order valence-corrected chi connectivity index (χ3v) is 11.7. The fourth-order valence-corrected chi connectivity index (χ4v) is 8.77. The van der Waals surface area contributed by atoms with Gasteiger partial charge in [-0.05, 0) is 146 Å². The van der Waals surface area contributed by atoms with Gasteiger partial charge in [0.2, 0.25) is 0 Å². The SMILES string of the molecule is CC(C)(C)CC(CCCc1ccc(CCCCCCn2c3ccccc3c3ccccc32)cc1)c1ccc(CCCCc2ccc3c(c2)CC3)cc1. The van der Waals surface area contributed by atoms with E-state index >= 15 is 0 Å². The molecule has 0 bridgehead atoms. The van der Waals surface area contributed by atoms with Crippen LogP contribution in [0.1, 0.15) is 123 Å². The van der Waals surface area contributed by atoms with Gasteiger partial charge < -0.3 is 4.57 Å². The summed E-state index contributed by atoms with van der Waals surface area (Å²) in [6, 6.07) is 44.2. The molecule has 1 aromatic heterocycles. The van der Waals surface area contributed by atoms with Crippen LogP contribution >= 0.6 is 0 Å². The van der Waals surface area contributed by atoms with E-state index in [1.165, 1.54) is 146 Å². The number of rotatable bonds is 18. The number of aryl methyl sites for hydroxylation is 7. The Morgan fingerprint density at radius 2 is 1.00 bits per heavy atom. The van der Waals surface area contributed by atoms with Crippen molar-refractivity contribution in [2.24, 2.45) is 5.41 Å². The first-order valence-corrected chi connectivity index (χ1v) is 20.6. The minimum Gasteiger partial charge on any atom is -0.340 e. The normalized spacial score (nSPS) is 13.4. The Kier molecular flexibility index (Phi) is 12.0. The molecule has 0 radical (unpaired) electrons. The van der Waals surface area contributed by atoms with Gasteiger partial charge in [-0.1, -0.05) is 137 Å². The van der Waals surface area contributed by atoms with Crippen molar-refractivity contribution in [3.63, 3.8) is 0 Å². The number of para-hydroxylation sites is 2. The van der Waals surface area contributed by atoms with Crippen LogP contribution in [-0.2, 0) is 45.1 Å². The number of unbranched alkanes of at least 4 members (excludes halogenated alkanes) is 4. The Balaban J connectivity index is 0.818. The maximum absolute atomic E-state index is 2.53. The summed E-state index contributed by atoms with van der Waals surface area (Å²) in [5, 5.41) is 2.76. The van der Waals surface area contributed by atoms with Gasteiger partial charge in [-0.3, -0.25) is 0 Å². The molecule has 270 valence electrons. The molecule has 5 aromatic carbocycles. The summed E-state index contributed by atoms with van der Waals surface area (Å²) in [6.07, 6.45) is 18.7. The first-order valence-electron chi connectivity index (χ1n) is 20.6. The van der Waals surface area contributed by atoms with E-state index in [0.29, 0.717) is 11.3 Å². The zero-order valence-corrected chi connectivity index (χ0v) is 32.3. The Bertz CT molecular complexity index is 1960. The maximum atomic E-state index is 2.53. The summed E-state index contributed by atoms with van der Waals surface area (Å²) >= 11 is 0. The molecular weight excluding hydrogens is 627 g/mol. The van der Waals surface area contributed by atoms with Gasteiger partial charge in [0, 0.05) is 28.4 Å². The second-order valence-electron chi connectivity index (χ2n) is 17.1. The van der Waals surface area contributed by atoms with E-state index in [1.807, 2.05) is 0 Å². The van der Waals surface area contributed by atoms with Crippen molar-refractivity contribution in [1.29, 1.82) is 0 Å². The fraction of sp³-hybridized carbons (Fsp3) is 0.412. The molecule has 6 aromatic rings. The van der Waals surface area contributed by atoms with E-state index in [-0.39, 0.29) is 0 Å². The fourth-order valence-electron chi connectivity index (χ4n) is 8.77. The molecule has 7 rings (SSSR count). The highest BCUT2D eigenvalue weighted by atomic mass is 15.0. The van der Waals surface area contributed by atoms with Crippen molar-refractivity contribution >= 4 is 21.8 Å². The van der Waals surface area contributed by atoms with E-state index in [1.54, 1.807) is 11.1 Å². The van der Waals surface area contributed by atoms with Crippen LogP contribution in [0, 0.1) is 5.41 Å². The second kappa shape index (κ2) is 17.2. The van der Waals surface area contributed by atoms with Crippen molar-refractivity contribution in [2.75, 3.05) is 0 Å². The average Bonchev–Trinajstić information content (AvgIpc) is 3.46. The summed E-state index contributed by atoms with van der Waals surface area (Å²) < 4.78 is 2.53. The van der Waals surface area contributed by atoms with Gasteiger partial charge in [-0.2, -0.15) is 0 Å². The van der Waals surface area contributed by atoms with E-state index in [2.05, 4.69) is 141 Å². The number of benzene rings is 5. The van der Waals surface area contributed by atoms with Crippen LogP contribution in [0.3, 0.4) is 0 Å². The van der Waals surface area contributed by atoms with E-state index in [0.717, 1.165) is 6.54 Å². The van der Waals surface area contributed by atoms with Gasteiger partial charge >= 0.3 is 0 Å². The molecule has 0 saturated carbocycles. The summed E-state index contributed by atoms with van der Waals surface area (Å²) in [7, 11) is 0. The minimum atomic E-state index is 0.328. The van der Waals surface area contributed by atoms with Gasteiger partial charge in [-0.25, -0.2) is 0 Å². The highest BCUT2D eigenvalue weighted by Crippen LogP contribution is 2.35. The smallest absolute Gasteiger partial charge is 0.0491 e. The predicted molar refractivity (Wildman–Crippen MR) is 225 cm³/mol. The van der Waals surface area contributed by atoms with E-state index < -0.39 is 0 Å². The number of fused-ring (bicyclic) bond motifs is 4. The third-order valence-electron chi connectivity index (χ3n) is 11.7. The zero-order chi connectivity index (χ0) is 35.8. The van der Waals surface area contributed by atoms with Crippen LogP contribution < -0.4 is 0 Å². The van der Waals surface area contributed by atoms with Crippen molar-refractivity contribution < 1.29 is 0 Å². The van der Waals surface area contributed by atoms with Gasteiger partial charge in [0.05, 0.1) is 0 Å².